The number of nitrogens with zero attached hydrogens (tertiary/aromatic N) is 1. The molecule has 0 aliphatic heterocycles. The summed E-state index contributed by atoms with van der Waals surface area (Å²) < 4.78 is 17.6. The molecule has 0 aliphatic rings. The van der Waals surface area contributed by atoms with E-state index in [-0.39, 0.29) is 5.78 Å². The van der Waals surface area contributed by atoms with Crippen molar-refractivity contribution in [2.75, 3.05) is 21.3 Å². The second-order valence-corrected chi connectivity index (χ2v) is 8.51. The van der Waals surface area contributed by atoms with Gasteiger partial charge in [0.15, 0.2) is 17.3 Å². The topological polar surface area (TPSA) is 66.8 Å². The van der Waals surface area contributed by atoms with Crippen molar-refractivity contribution in [3.63, 3.8) is 0 Å². The van der Waals surface area contributed by atoms with E-state index in [9.17, 15) is 9.59 Å². The van der Waals surface area contributed by atoms with Gasteiger partial charge in [-0.15, -0.1) is 0 Å². The Morgan fingerprint density at radius 1 is 1.00 bits per heavy atom. The van der Waals surface area contributed by atoms with Crippen LogP contribution >= 0.6 is 11.6 Å². The number of esters is 1. The highest BCUT2D eigenvalue weighted by Gasteiger charge is 2.23. The first kappa shape index (κ1) is 25.1. The SMILES string of the molecule is COC(=O)/C=C/c1ccc(CC(C)C)n1-c1ccc(Cl)cc1C(=O)c1cccc(OC)c1OC. The van der Waals surface area contributed by atoms with Gasteiger partial charge in [-0.2, -0.15) is 0 Å². The summed E-state index contributed by atoms with van der Waals surface area (Å²) in [6.07, 6.45) is 3.79. The third-order valence-corrected chi connectivity index (χ3v) is 5.53. The van der Waals surface area contributed by atoms with Gasteiger partial charge in [-0.25, -0.2) is 4.79 Å². The number of methoxy groups -OCH3 is 3. The van der Waals surface area contributed by atoms with Gasteiger partial charge in [0.25, 0.3) is 0 Å². The second kappa shape index (κ2) is 11.1. The largest absolute Gasteiger partial charge is 0.493 e. The van der Waals surface area contributed by atoms with E-state index in [2.05, 4.69) is 13.8 Å². The van der Waals surface area contributed by atoms with E-state index < -0.39 is 5.97 Å². The zero-order valence-electron chi connectivity index (χ0n) is 19.9. The van der Waals surface area contributed by atoms with Crippen molar-refractivity contribution in [3.8, 4) is 17.2 Å². The first-order chi connectivity index (χ1) is 16.3. The van der Waals surface area contributed by atoms with Crippen molar-refractivity contribution in [3.05, 3.63) is 82.1 Å². The summed E-state index contributed by atoms with van der Waals surface area (Å²) in [6.45, 7) is 4.24. The maximum absolute atomic E-state index is 13.8. The van der Waals surface area contributed by atoms with E-state index in [4.69, 9.17) is 25.8 Å². The van der Waals surface area contributed by atoms with Crippen LogP contribution in [0, 0.1) is 5.92 Å². The molecule has 7 heteroatoms. The van der Waals surface area contributed by atoms with E-state index >= 15 is 0 Å². The number of ketones is 1. The molecule has 0 saturated carbocycles. The fourth-order valence-electron chi connectivity index (χ4n) is 3.82. The summed E-state index contributed by atoms with van der Waals surface area (Å²) in [5.41, 5.74) is 3.12. The van der Waals surface area contributed by atoms with Crippen LogP contribution in [0.4, 0.5) is 0 Å². The molecule has 0 saturated heterocycles. The molecule has 0 atom stereocenters. The minimum atomic E-state index is -0.466. The van der Waals surface area contributed by atoms with E-state index in [1.54, 1.807) is 36.4 Å². The van der Waals surface area contributed by atoms with Gasteiger partial charge in [0.05, 0.1) is 32.6 Å². The molecule has 0 N–H and O–H groups in total. The van der Waals surface area contributed by atoms with Crippen LogP contribution in [0.3, 0.4) is 0 Å². The molecule has 0 radical (unpaired) electrons. The highest BCUT2D eigenvalue weighted by atomic mass is 35.5. The standard InChI is InChI=1S/C27H28ClNO5/c1-17(2)15-20-11-10-19(12-14-25(30)33-4)29(20)23-13-9-18(28)16-22(23)26(31)21-7-6-8-24(32-3)27(21)34-5/h6-14,16-17H,15H2,1-5H3/b14-12+. The molecule has 0 aliphatic carbocycles. The number of halogens is 1. The van der Waals surface area contributed by atoms with Gasteiger partial charge >= 0.3 is 5.97 Å². The first-order valence-electron chi connectivity index (χ1n) is 10.8. The lowest BCUT2D eigenvalue weighted by molar-refractivity contribution is -0.134. The van der Waals surface area contributed by atoms with E-state index in [0.717, 1.165) is 17.8 Å². The number of ether oxygens (including phenoxy) is 3. The quantitative estimate of drug-likeness (QED) is 0.221. The molecule has 3 aromatic rings. The molecule has 0 unspecified atom stereocenters. The highest BCUT2D eigenvalue weighted by Crippen LogP contribution is 2.34. The summed E-state index contributed by atoms with van der Waals surface area (Å²) in [6, 6.07) is 14.3. The molecule has 0 spiro atoms. The van der Waals surface area contributed by atoms with Crippen molar-refractivity contribution < 1.29 is 23.8 Å². The van der Waals surface area contributed by atoms with Crippen LogP contribution in [0.5, 0.6) is 11.5 Å². The molecule has 1 aromatic heterocycles. The van der Waals surface area contributed by atoms with Crippen LogP contribution in [-0.4, -0.2) is 37.6 Å². The van der Waals surface area contributed by atoms with E-state index in [0.29, 0.717) is 39.3 Å². The van der Waals surface area contributed by atoms with Crippen LogP contribution < -0.4 is 9.47 Å². The number of hydrogen-bond donors (Lipinski definition) is 0. The molecule has 6 nitrogen and oxygen atoms in total. The fourth-order valence-corrected chi connectivity index (χ4v) is 3.99. The molecular weight excluding hydrogens is 454 g/mol. The summed E-state index contributed by atoms with van der Waals surface area (Å²) in [4.78, 5) is 25.6. The third kappa shape index (κ3) is 5.34. The van der Waals surface area contributed by atoms with Gasteiger partial charge in [0.1, 0.15) is 0 Å². The lowest BCUT2D eigenvalue weighted by Gasteiger charge is -2.18. The van der Waals surface area contributed by atoms with Crippen molar-refractivity contribution >= 4 is 29.4 Å². The van der Waals surface area contributed by atoms with E-state index in [1.807, 2.05) is 22.8 Å². The normalized spacial score (nSPS) is 11.1. The summed E-state index contributed by atoms with van der Waals surface area (Å²) >= 11 is 6.33. The Balaban J connectivity index is 2.24. The Kier molecular flexibility index (Phi) is 8.18. The maximum atomic E-state index is 13.8. The van der Waals surface area contributed by atoms with E-state index in [1.165, 1.54) is 27.4 Å². The van der Waals surface area contributed by atoms with Crippen LogP contribution in [0.25, 0.3) is 11.8 Å². The monoisotopic (exact) mass is 481 g/mol. The summed E-state index contributed by atoms with van der Waals surface area (Å²) in [5, 5.41) is 0.429. The highest BCUT2D eigenvalue weighted by molar-refractivity contribution is 6.31. The van der Waals surface area contributed by atoms with Gasteiger partial charge in [0.2, 0.25) is 0 Å². The number of rotatable bonds is 9. The number of para-hydroxylation sites is 1. The summed E-state index contributed by atoms with van der Waals surface area (Å²) in [7, 11) is 4.35. The zero-order valence-corrected chi connectivity index (χ0v) is 20.7. The minimum Gasteiger partial charge on any atom is -0.493 e. The van der Waals surface area contributed by atoms with Crippen LogP contribution in [-0.2, 0) is 16.0 Å². The Morgan fingerprint density at radius 3 is 2.41 bits per heavy atom. The summed E-state index contributed by atoms with van der Waals surface area (Å²) in [5.74, 6) is 0.449. The van der Waals surface area contributed by atoms with Gasteiger partial charge in [0, 0.05) is 28.0 Å². The van der Waals surface area contributed by atoms with Crippen LogP contribution in [0.15, 0.2) is 54.6 Å². The first-order valence-corrected chi connectivity index (χ1v) is 11.2. The second-order valence-electron chi connectivity index (χ2n) is 8.07. The molecule has 0 amide bonds. The van der Waals surface area contributed by atoms with Crippen molar-refractivity contribution in [2.24, 2.45) is 5.92 Å². The average molecular weight is 482 g/mol. The molecule has 2 aromatic carbocycles. The molecule has 1 heterocycles. The number of benzene rings is 2. The zero-order chi connectivity index (χ0) is 24.8. The number of carbonyl (C=O) groups is 2. The van der Waals surface area contributed by atoms with Gasteiger partial charge in [-0.05, 0) is 60.9 Å². The predicted octanol–water partition coefficient (Wildman–Crippen LogP) is 5.76. The molecule has 34 heavy (non-hydrogen) atoms. The molecular formula is C27H28ClNO5. The molecule has 0 fully saturated rings. The predicted molar refractivity (Wildman–Crippen MR) is 133 cm³/mol. The van der Waals surface area contributed by atoms with Crippen molar-refractivity contribution in [2.45, 2.75) is 20.3 Å². The Labute approximate surface area is 204 Å². The fraction of sp³-hybridized carbons (Fsp3) is 0.259. The van der Waals surface area contributed by atoms with Crippen molar-refractivity contribution in [1.82, 2.24) is 4.57 Å². The third-order valence-electron chi connectivity index (χ3n) is 5.29. The Morgan fingerprint density at radius 2 is 1.76 bits per heavy atom. The molecule has 178 valence electrons. The van der Waals surface area contributed by atoms with Crippen LogP contribution in [0.1, 0.15) is 41.2 Å². The Bertz CT molecular complexity index is 1230. The minimum absolute atomic E-state index is 0.264. The maximum Gasteiger partial charge on any atom is 0.330 e. The average Bonchev–Trinajstić information content (AvgIpc) is 3.22. The van der Waals surface area contributed by atoms with Gasteiger partial charge in [-0.3, -0.25) is 4.79 Å². The lowest BCUT2D eigenvalue weighted by atomic mass is 9.99. The van der Waals surface area contributed by atoms with Gasteiger partial charge < -0.3 is 18.8 Å². The Hall–Kier alpha value is -3.51. The van der Waals surface area contributed by atoms with Crippen molar-refractivity contribution in [1.29, 1.82) is 0 Å². The molecule has 3 rings (SSSR count). The smallest absolute Gasteiger partial charge is 0.330 e. The van der Waals surface area contributed by atoms with Gasteiger partial charge in [-0.1, -0.05) is 31.5 Å². The number of carbonyl (C=O) groups excluding carboxylic acids is 2. The molecule has 0 bridgehead atoms. The lowest BCUT2D eigenvalue weighted by Crippen LogP contribution is -2.13. The van der Waals surface area contributed by atoms with Crippen LogP contribution in [0.2, 0.25) is 5.02 Å². The number of hydrogen-bond acceptors (Lipinski definition) is 5. The number of aromatic nitrogens is 1.